The predicted octanol–water partition coefficient (Wildman–Crippen LogP) is 8.06. The van der Waals surface area contributed by atoms with Crippen molar-refractivity contribution >= 4 is 23.6 Å². The summed E-state index contributed by atoms with van der Waals surface area (Å²) < 4.78 is 17.7. The van der Waals surface area contributed by atoms with Crippen molar-refractivity contribution in [1.29, 1.82) is 0 Å². The van der Waals surface area contributed by atoms with Gasteiger partial charge in [-0.1, -0.05) is 26.0 Å². The SMILES string of the molecule is CCCc1c(CC(C)c2cc(C)cc3ccc(F)c(CC)c23)nc(CCC2(CCC)CCCN2)nc1N1CCCn2bc(CNC)cc2C1. The van der Waals surface area contributed by atoms with Gasteiger partial charge in [0.15, 0.2) is 0 Å². The molecule has 2 aromatic carbocycles. The first kappa shape index (κ1) is 35.7. The van der Waals surface area contributed by atoms with Crippen LogP contribution < -0.4 is 15.5 Å². The average Bonchev–Trinajstić information content (AvgIpc) is 3.65. The van der Waals surface area contributed by atoms with E-state index in [1.165, 1.54) is 59.2 Å². The minimum atomic E-state index is -0.101. The number of nitrogens with zero attached hydrogens (tertiary/aromatic N) is 4. The van der Waals surface area contributed by atoms with Gasteiger partial charge >= 0.3 is 240 Å². The summed E-state index contributed by atoms with van der Waals surface area (Å²) in [5.74, 6) is 2.19. The number of hydrogen-bond acceptors (Lipinski definition) is 5. The number of anilines is 1. The molecule has 0 amide bonds. The van der Waals surface area contributed by atoms with Gasteiger partial charge in [0, 0.05) is 0 Å². The van der Waals surface area contributed by atoms with E-state index < -0.39 is 0 Å². The van der Waals surface area contributed by atoms with Crippen LogP contribution >= 0.6 is 0 Å². The molecule has 4 aromatic rings. The van der Waals surface area contributed by atoms with Crippen molar-refractivity contribution < 1.29 is 4.39 Å². The zero-order valence-electron chi connectivity index (χ0n) is 31.0. The van der Waals surface area contributed by atoms with Crippen molar-refractivity contribution in [2.45, 2.75) is 136 Å². The van der Waals surface area contributed by atoms with Gasteiger partial charge in [-0.05, 0) is 19.4 Å². The first-order valence-electron chi connectivity index (χ1n) is 19.2. The molecular weight excluding hydrogens is 606 g/mol. The second kappa shape index (κ2) is 15.8. The van der Waals surface area contributed by atoms with Crippen molar-refractivity contribution in [2.24, 2.45) is 0 Å². The zero-order chi connectivity index (χ0) is 34.5. The third kappa shape index (κ3) is 7.81. The Labute approximate surface area is 294 Å². The molecule has 2 atom stereocenters. The summed E-state index contributed by atoms with van der Waals surface area (Å²) in [6.07, 6.45) is 11.4. The van der Waals surface area contributed by atoms with Gasteiger partial charge in [-0.15, -0.1) is 0 Å². The van der Waals surface area contributed by atoms with Crippen molar-refractivity contribution in [3.8, 4) is 0 Å². The number of benzene rings is 2. The Morgan fingerprint density at radius 1 is 1.02 bits per heavy atom. The second-order valence-electron chi connectivity index (χ2n) is 15.0. The molecule has 2 unspecified atom stereocenters. The van der Waals surface area contributed by atoms with E-state index in [1.807, 2.05) is 13.1 Å². The molecule has 0 spiro atoms. The number of rotatable bonds is 14. The number of fused-ring (bicyclic) bond motifs is 2. The summed E-state index contributed by atoms with van der Waals surface area (Å²) >= 11 is 0. The number of hydrogen-bond donors (Lipinski definition) is 2. The molecule has 2 aliphatic heterocycles. The maximum atomic E-state index is 15.2. The van der Waals surface area contributed by atoms with Crippen LogP contribution in [-0.4, -0.2) is 47.2 Å². The Balaban J connectivity index is 1.42. The molecule has 2 aliphatic rings. The minimum absolute atomic E-state index is 0.101. The molecule has 6 nitrogen and oxygen atoms in total. The van der Waals surface area contributed by atoms with Gasteiger partial charge in [0.25, 0.3) is 0 Å². The molecule has 0 aliphatic carbocycles. The monoisotopic (exact) mass is 664 g/mol. The van der Waals surface area contributed by atoms with Crippen LogP contribution in [0.3, 0.4) is 0 Å². The van der Waals surface area contributed by atoms with Crippen molar-refractivity contribution in [3.63, 3.8) is 0 Å². The molecule has 1 saturated heterocycles. The fourth-order valence-electron chi connectivity index (χ4n) is 8.86. The van der Waals surface area contributed by atoms with Crippen LogP contribution in [0.2, 0.25) is 0 Å². The molecule has 2 aromatic heterocycles. The van der Waals surface area contributed by atoms with Crippen LogP contribution in [0, 0.1) is 12.7 Å². The van der Waals surface area contributed by atoms with Gasteiger partial charge in [-0.2, -0.15) is 0 Å². The van der Waals surface area contributed by atoms with Gasteiger partial charge < -0.3 is 0 Å². The third-order valence-electron chi connectivity index (χ3n) is 11.1. The Kier molecular flexibility index (Phi) is 11.6. The third-order valence-corrected chi connectivity index (χ3v) is 11.1. The van der Waals surface area contributed by atoms with E-state index in [0.717, 1.165) is 99.2 Å². The number of aromatic nitrogens is 3. The molecular formula is C41H58BFN6. The Morgan fingerprint density at radius 2 is 1.88 bits per heavy atom. The van der Waals surface area contributed by atoms with Crippen LogP contribution in [0.1, 0.15) is 123 Å². The molecule has 8 heteroatoms. The predicted molar refractivity (Wildman–Crippen MR) is 204 cm³/mol. The van der Waals surface area contributed by atoms with Crippen molar-refractivity contribution in [2.75, 3.05) is 25.0 Å². The topological polar surface area (TPSA) is 58.0 Å². The molecule has 0 saturated carbocycles. The normalized spacial score (nSPS) is 18.6. The van der Waals surface area contributed by atoms with Gasteiger partial charge in [0.2, 0.25) is 0 Å². The molecule has 262 valence electrons. The summed E-state index contributed by atoms with van der Waals surface area (Å²) in [6.45, 7) is 16.0. The second-order valence-corrected chi connectivity index (χ2v) is 15.0. The van der Waals surface area contributed by atoms with Crippen LogP contribution in [0.15, 0.2) is 30.3 Å². The van der Waals surface area contributed by atoms with Crippen molar-refractivity contribution in [1.82, 2.24) is 25.1 Å². The van der Waals surface area contributed by atoms with E-state index in [9.17, 15) is 0 Å². The quantitative estimate of drug-likeness (QED) is 0.143. The van der Waals surface area contributed by atoms with Crippen LogP contribution in [-0.2, 0) is 45.3 Å². The number of nitrogens with one attached hydrogen (secondary N) is 2. The number of halogens is 1. The summed E-state index contributed by atoms with van der Waals surface area (Å²) in [6, 6.07) is 10.5. The van der Waals surface area contributed by atoms with Crippen LogP contribution in [0.25, 0.3) is 10.8 Å². The van der Waals surface area contributed by atoms with Crippen molar-refractivity contribution in [3.05, 3.63) is 81.1 Å². The standard InChI is InChI=1S/C41H58BFN6/c1-7-12-34-37(24-29(5)35-23-28(4)22-30-13-14-36(43)33(9-3)39(30)35)46-38(15-18-41(16-8-2)17-10-19-45-41)47-40(34)48-20-11-21-49-32(27-48)25-31(42-49)26-44-6/h13-14,22-23,25,29,44-45H,7-12,15-21,24,26-27H2,1-6H3. The average molecular weight is 665 g/mol. The van der Waals surface area contributed by atoms with Crippen LogP contribution in [0.5, 0.6) is 0 Å². The van der Waals surface area contributed by atoms with E-state index in [2.05, 4.69) is 79.9 Å². The van der Waals surface area contributed by atoms with Crippen LogP contribution in [0.4, 0.5) is 10.2 Å². The van der Waals surface area contributed by atoms with E-state index in [-0.39, 0.29) is 17.3 Å². The molecule has 2 N–H and O–H groups in total. The molecule has 1 fully saturated rings. The first-order chi connectivity index (χ1) is 23.8. The molecule has 0 radical (unpaired) electrons. The molecule has 49 heavy (non-hydrogen) atoms. The Hall–Kier alpha value is -3.10. The fraction of sp³-hybridized carbons (Fsp3) is 0.585. The van der Waals surface area contributed by atoms with E-state index >= 15 is 4.39 Å². The Bertz CT molecular complexity index is 1740. The summed E-state index contributed by atoms with van der Waals surface area (Å²) in [7, 11) is 4.34. The van der Waals surface area contributed by atoms with E-state index in [1.54, 1.807) is 6.07 Å². The molecule has 6 rings (SSSR count). The Morgan fingerprint density at radius 3 is 2.61 bits per heavy atom. The summed E-state index contributed by atoms with van der Waals surface area (Å²) in [4.78, 5) is 13.5. The molecule has 0 bridgehead atoms. The maximum absolute atomic E-state index is 15.2. The van der Waals surface area contributed by atoms with Gasteiger partial charge in [0.05, 0.1) is 0 Å². The summed E-state index contributed by atoms with van der Waals surface area (Å²) in [5, 5.41) is 9.43. The fourth-order valence-corrected chi connectivity index (χ4v) is 8.86. The van der Waals surface area contributed by atoms with E-state index in [0.29, 0.717) is 6.42 Å². The number of aryl methyl sites for hydroxylation is 4. The van der Waals surface area contributed by atoms with Gasteiger partial charge in [-0.25, -0.2) is 4.39 Å². The first-order valence-corrected chi connectivity index (χ1v) is 19.2. The molecule has 4 heterocycles. The summed E-state index contributed by atoms with van der Waals surface area (Å²) in [5.41, 5.74) is 8.65. The van der Waals surface area contributed by atoms with Gasteiger partial charge in [0.1, 0.15) is 5.82 Å². The zero-order valence-corrected chi connectivity index (χ0v) is 31.0. The van der Waals surface area contributed by atoms with Gasteiger partial charge in [-0.3, -0.25) is 0 Å². The van der Waals surface area contributed by atoms with E-state index in [4.69, 9.17) is 9.97 Å².